The van der Waals surface area contributed by atoms with Crippen LogP contribution in [0.2, 0.25) is 0 Å². The maximum atomic E-state index is 13.8. The SMILES string of the molecule is O=S(=O)(OC(F)C(F)(F)C(F)(F)C(F)(F)C(F)(F)C(F)(F)OC(F)(F)C(F)(F)OC(F)(F)C(F)(F)OC(F)(F)C(F)(F)OC(F)(F)F)C(F)(F)C(F)(F)C(F)(F)C(F)(F)F. The Labute approximate surface area is 299 Å². The second-order valence-electron chi connectivity index (χ2n) is 9.85. The van der Waals surface area contributed by atoms with E-state index in [1.165, 1.54) is 4.18 Å². The molecule has 0 amide bonds. The molecule has 0 N–H and O–H groups in total. The standard InChI is InChI=1S/C17HF35O7S/c18-1(55-60(53,54)16(48,49)7(29,30)5(25,26)8(31,32)33)2(19,20)3(21,22)4(23,24)6(27,28)9(34,35)56-10(36,37)11(38,39)57-12(40,41)13(42,43)58-14(44,45)15(46,47)59-17(50,51)52/h1H. The van der Waals surface area contributed by atoms with E-state index in [1.807, 2.05) is 0 Å². The largest absolute Gasteiger partial charge is 0.527 e. The average Bonchev–Trinajstić information content (AvgIpc) is 2.92. The minimum atomic E-state index is -9.52. The number of hydrogen-bond donors (Lipinski definition) is 0. The van der Waals surface area contributed by atoms with Gasteiger partial charge in [-0.2, -0.15) is 145 Å². The highest BCUT2D eigenvalue weighted by atomic mass is 32.2. The molecule has 0 rings (SSSR count). The van der Waals surface area contributed by atoms with Crippen LogP contribution in [0.25, 0.3) is 0 Å². The highest BCUT2D eigenvalue weighted by molar-refractivity contribution is 7.87. The molecular formula is C17HF35O7S. The van der Waals surface area contributed by atoms with Crippen LogP contribution < -0.4 is 0 Å². The van der Waals surface area contributed by atoms with Gasteiger partial charge in [0, 0.05) is 0 Å². The van der Waals surface area contributed by atoms with Crippen molar-refractivity contribution >= 4 is 10.1 Å². The first-order valence-corrected chi connectivity index (χ1v) is 13.4. The van der Waals surface area contributed by atoms with Crippen LogP contribution >= 0.6 is 0 Å². The van der Waals surface area contributed by atoms with Crippen molar-refractivity contribution in [1.29, 1.82) is 0 Å². The Bertz CT molecular complexity index is 1630. The predicted molar refractivity (Wildman–Crippen MR) is 101 cm³/mol. The lowest BCUT2D eigenvalue weighted by atomic mass is 9.97. The number of alkyl halides is 35. The first kappa shape index (κ1) is 57.3. The molecule has 0 radical (unpaired) electrons. The first-order valence-electron chi connectivity index (χ1n) is 12.0. The summed E-state index contributed by atoms with van der Waals surface area (Å²) in [5, 5.41) is -8.62. The predicted octanol–water partition coefficient (Wildman–Crippen LogP) is 10.3. The lowest BCUT2D eigenvalue weighted by molar-refractivity contribution is -0.585. The third-order valence-electron chi connectivity index (χ3n) is 5.53. The van der Waals surface area contributed by atoms with Gasteiger partial charge in [0.25, 0.3) is 6.36 Å². The Balaban J connectivity index is 6.88. The van der Waals surface area contributed by atoms with Crippen LogP contribution in [0, 0.1) is 0 Å². The summed E-state index contributed by atoms with van der Waals surface area (Å²) in [6, 6.07) is 0. The van der Waals surface area contributed by atoms with Gasteiger partial charge in [-0.05, 0) is 0 Å². The molecule has 0 aliphatic carbocycles. The number of hydrogen-bond acceptors (Lipinski definition) is 7. The van der Waals surface area contributed by atoms with Crippen LogP contribution in [0.4, 0.5) is 154 Å². The fourth-order valence-corrected chi connectivity index (χ4v) is 3.44. The lowest BCUT2D eigenvalue weighted by Gasteiger charge is -2.40. The lowest BCUT2D eigenvalue weighted by Crippen LogP contribution is -2.71. The van der Waals surface area contributed by atoms with Gasteiger partial charge in [0.15, 0.2) is 0 Å². The van der Waals surface area contributed by atoms with Gasteiger partial charge >= 0.3 is 106 Å². The van der Waals surface area contributed by atoms with E-state index in [4.69, 9.17) is 0 Å². The summed E-state index contributed by atoms with van der Waals surface area (Å²) in [6.07, 6.45) is -81.4. The Kier molecular flexibility index (Phi) is 14.3. The number of halogens is 35. The van der Waals surface area contributed by atoms with Crippen LogP contribution in [-0.2, 0) is 33.2 Å². The Morgan fingerprint density at radius 2 is 0.583 bits per heavy atom. The Morgan fingerprint density at radius 1 is 0.317 bits per heavy atom. The zero-order valence-corrected chi connectivity index (χ0v) is 25.9. The van der Waals surface area contributed by atoms with E-state index >= 15 is 0 Å². The Morgan fingerprint density at radius 3 is 0.850 bits per heavy atom. The van der Waals surface area contributed by atoms with Crippen LogP contribution in [0.15, 0.2) is 0 Å². The maximum absolute atomic E-state index is 13.8. The summed E-state index contributed by atoms with van der Waals surface area (Å²) >= 11 is 0. The third-order valence-corrected chi connectivity index (χ3v) is 6.84. The molecule has 1 atom stereocenters. The Hall–Kier alpha value is -2.70. The van der Waals surface area contributed by atoms with E-state index in [0.29, 0.717) is 0 Å². The topological polar surface area (TPSA) is 80.3 Å². The highest BCUT2D eigenvalue weighted by Gasteiger charge is 2.91. The molecule has 1 unspecified atom stereocenters. The van der Waals surface area contributed by atoms with E-state index in [1.54, 1.807) is 0 Å². The molecule has 0 aromatic heterocycles. The summed E-state index contributed by atoms with van der Waals surface area (Å²) in [5.74, 6) is -54.4. The van der Waals surface area contributed by atoms with Crippen molar-refractivity contribution in [1.82, 2.24) is 0 Å². The number of ether oxygens (including phenoxy) is 4. The van der Waals surface area contributed by atoms with E-state index in [2.05, 4.69) is 0 Å². The number of rotatable bonds is 20. The normalized spacial score (nSPS) is 17.3. The minimum absolute atomic E-state index is 0.752. The van der Waals surface area contributed by atoms with Gasteiger partial charge in [0.1, 0.15) is 0 Å². The molecule has 0 saturated carbocycles. The molecule has 0 aliphatic heterocycles. The molecule has 0 aliphatic rings. The van der Waals surface area contributed by atoms with Crippen molar-refractivity contribution in [2.45, 2.75) is 102 Å². The second-order valence-corrected chi connectivity index (χ2v) is 11.5. The molecule has 0 heterocycles. The third kappa shape index (κ3) is 9.46. The molecule has 0 aromatic carbocycles. The zero-order chi connectivity index (χ0) is 49.6. The van der Waals surface area contributed by atoms with E-state index in [9.17, 15) is 162 Å². The smallest absolute Gasteiger partial charge is 0.243 e. The molecule has 0 fully saturated rings. The zero-order valence-electron chi connectivity index (χ0n) is 25.1. The van der Waals surface area contributed by atoms with E-state index in [-0.39, 0.29) is 0 Å². The van der Waals surface area contributed by atoms with Crippen LogP contribution in [0.1, 0.15) is 0 Å². The molecule has 0 saturated heterocycles. The molecule has 7 nitrogen and oxygen atoms in total. The summed E-state index contributed by atoms with van der Waals surface area (Å²) in [6.45, 7) is 0. The fraction of sp³-hybridized carbons (Fsp3) is 1.00. The van der Waals surface area contributed by atoms with Crippen LogP contribution in [0.5, 0.6) is 0 Å². The monoisotopic (exact) mass is 1010 g/mol. The van der Waals surface area contributed by atoms with Gasteiger partial charge < -0.3 is 0 Å². The fourth-order valence-electron chi connectivity index (χ4n) is 2.53. The van der Waals surface area contributed by atoms with Crippen molar-refractivity contribution in [3.8, 4) is 0 Å². The van der Waals surface area contributed by atoms with E-state index < -0.39 is 113 Å². The highest BCUT2D eigenvalue weighted by Crippen LogP contribution is 2.61. The van der Waals surface area contributed by atoms with Gasteiger partial charge in [0.05, 0.1) is 0 Å². The summed E-state index contributed by atoms with van der Waals surface area (Å²) in [5.41, 5.74) is 0. The molecule has 60 heavy (non-hydrogen) atoms. The molecular weight excluding hydrogens is 1010 g/mol. The van der Waals surface area contributed by atoms with Crippen LogP contribution in [-0.4, -0.2) is 111 Å². The summed E-state index contributed by atoms with van der Waals surface area (Å²) in [4.78, 5) is 0. The second kappa shape index (κ2) is 15.0. The maximum Gasteiger partial charge on any atom is 0.527 e. The van der Waals surface area contributed by atoms with Gasteiger partial charge in [-0.1, -0.05) is 0 Å². The molecule has 0 spiro atoms. The van der Waals surface area contributed by atoms with Gasteiger partial charge in [-0.25, -0.2) is 27.5 Å². The molecule has 0 aromatic rings. The summed E-state index contributed by atoms with van der Waals surface area (Å²) < 4.78 is 487. The van der Waals surface area contributed by atoms with Gasteiger partial charge in [0.2, 0.25) is 0 Å². The molecule has 0 bridgehead atoms. The minimum Gasteiger partial charge on any atom is -0.243 e. The van der Waals surface area contributed by atoms with E-state index in [0.717, 1.165) is 18.9 Å². The van der Waals surface area contributed by atoms with Crippen molar-refractivity contribution in [3.63, 3.8) is 0 Å². The molecule has 362 valence electrons. The van der Waals surface area contributed by atoms with Crippen molar-refractivity contribution in [2.24, 2.45) is 0 Å². The van der Waals surface area contributed by atoms with Crippen molar-refractivity contribution in [2.75, 3.05) is 0 Å². The summed E-state index contributed by atoms with van der Waals surface area (Å²) in [7, 11) is -9.31. The van der Waals surface area contributed by atoms with Crippen molar-refractivity contribution in [3.05, 3.63) is 0 Å². The quantitative estimate of drug-likeness (QED) is 0.0888. The van der Waals surface area contributed by atoms with Crippen LogP contribution in [0.3, 0.4) is 0 Å². The van der Waals surface area contributed by atoms with Gasteiger partial charge in [-0.3, -0.25) is 0 Å². The average molecular weight is 1010 g/mol. The van der Waals surface area contributed by atoms with Crippen molar-refractivity contribution < 1.29 is 185 Å². The first-order chi connectivity index (χ1) is 25.2. The molecule has 43 heteroatoms. The van der Waals surface area contributed by atoms with Gasteiger partial charge in [-0.15, -0.1) is 13.2 Å².